The third-order valence-electron chi connectivity index (χ3n) is 2.18. The number of aromatic nitrogens is 2. The Morgan fingerprint density at radius 3 is 2.94 bits per heavy atom. The molecule has 8 nitrogen and oxygen atoms in total. The van der Waals surface area contributed by atoms with Crippen molar-refractivity contribution in [1.82, 2.24) is 9.38 Å². The molecule has 0 aliphatic carbocycles. The Hall–Kier alpha value is -1.68. The molecule has 0 saturated carbocycles. The Bertz CT molecular complexity index is 687. The van der Waals surface area contributed by atoms with E-state index >= 15 is 0 Å². The van der Waals surface area contributed by atoms with E-state index < -0.39 is 14.8 Å². The predicted octanol–water partition coefficient (Wildman–Crippen LogP) is 0.760. The van der Waals surface area contributed by atoms with Crippen LogP contribution in [0.3, 0.4) is 0 Å². The topological polar surface area (TPSA) is 107 Å². The molecule has 2 rings (SSSR count). The molecule has 2 aromatic rings. The van der Waals surface area contributed by atoms with Gasteiger partial charge in [-0.2, -0.15) is 9.38 Å². The molecule has 0 fully saturated rings. The molecule has 0 aliphatic heterocycles. The monoisotopic (exact) mass is 290 g/mol. The first-order valence-corrected chi connectivity index (χ1v) is 7.84. The molecular weight excluding hydrogens is 280 g/mol. The summed E-state index contributed by atoms with van der Waals surface area (Å²) >= 11 is 1.27. The number of hydrogen-bond donors (Lipinski definition) is 1. The first-order valence-electron chi connectivity index (χ1n) is 4.90. The number of anilines is 1. The van der Waals surface area contributed by atoms with E-state index in [0.717, 1.165) is 6.26 Å². The molecule has 0 saturated heterocycles. The summed E-state index contributed by atoms with van der Waals surface area (Å²) in [5.41, 5.74) is 0. The molecule has 0 radical (unpaired) electrons. The Morgan fingerprint density at radius 2 is 2.33 bits per heavy atom. The van der Waals surface area contributed by atoms with Crippen LogP contribution in [0.2, 0.25) is 0 Å². The number of imidazole rings is 1. The summed E-state index contributed by atoms with van der Waals surface area (Å²) < 4.78 is 23.3. The highest BCUT2D eigenvalue weighted by atomic mass is 32.2. The van der Waals surface area contributed by atoms with Crippen molar-refractivity contribution in [3.8, 4) is 0 Å². The van der Waals surface area contributed by atoms with Crippen molar-refractivity contribution >= 4 is 37.8 Å². The fourth-order valence-electron chi connectivity index (χ4n) is 1.42. The van der Waals surface area contributed by atoms with Gasteiger partial charge in [-0.15, -0.1) is 0 Å². The fourth-order valence-corrected chi connectivity index (χ4v) is 2.60. The van der Waals surface area contributed by atoms with Gasteiger partial charge in [-0.05, 0) is 4.92 Å². The molecule has 0 atom stereocenters. The lowest BCUT2D eigenvalue weighted by Gasteiger charge is -2.01. The molecule has 0 spiro atoms. The van der Waals surface area contributed by atoms with Crippen LogP contribution >= 0.6 is 11.3 Å². The number of rotatable bonds is 5. The van der Waals surface area contributed by atoms with Gasteiger partial charge in [-0.3, -0.25) is 0 Å². The van der Waals surface area contributed by atoms with Crippen molar-refractivity contribution in [3.63, 3.8) is 0 Å². The highest BCUT2D eigenvalue weighted by Crippen LogP contribution is 2.27. The second-order valence-electron chi connectivity index (χ2n) is 3.65. The molecule has 2 heterocycles. The van der Waals surface area contributed by atoms with Crippen LogP contribution in [-0.4, -0.2) is 41.3 Å². The average molecular weight is 290 g/mol. The Morgan fingerprint density at radius 1 is 1.61 bits per heavy atom. The van der Waals surface area contributed by atoms with E-state index in [1.54, 1.807) is 11.6 Å². The highest BCUT2D eigenvalue weighted by molar-refractivity contribution is 7.90. The van der Waals surface area contributed by atoms with Crippen molar-refractivity contribution in [3.05, 3.63) is 21.7 Å². The molecule has 0 bridgehead atoms. The quantitative estimate of drug-likeness (QED) is 0.643. The smallest absolute Gasteiger partial charge is 0.362 e. The van der Waals surface area contributed by atoms with Crippen LogP contribution in [0, 0.1) is 10.1 Å². The largest absolute Gasteiger partial charge is 0.372 e. The van der Waals surface area contributed by atoms with Crippen LogP contribution < -0.4 is 5.32 Å². The van der Waals surface area contributed by atoms with Gasteiger partial charge in [0.05, 0.1) is 5.75 Å². The maximum Gasteiger partial charge on any atom is 0.372 e. The highest BCUT2D eigenvalue weighted by Gasteiger charge is 2.23. The zero-order chi connectivity index (χ0) is 13.3. The normalized spacial score (nSPS) is 11.8. The second kappa shape index (κ2) is 4.53. The maximum atomic E-state index is 11.0. The number of hydrogen-bond acceptors (Lipinski definition) is 7. The number of nitrogens with one attached hydrogen (secondary N) is 1. The fraction of sp³-hybridized carbons (Fsp3) is 0.375. The molecule has 0 amide bonds. The first-order chi connectivity index (χ1) is 8.38. The molecule has 0 aromatic carbocycles. The van der Waals surface area contributed by atoms with Gasteiger partial charge >= 0.3 is 5.82 Å². The van der Waals surface area contributed by atoms with E-state index in [1.165, 1.54) is 15.7 Å². The van der Waals surface area contributed by atoms with Gasteiger partial charge in [0.25, 0.3) is 4.96 Å². The number of nitrogens with zero attached hydrogens (tertiary/aromatic N) is 3. The number of fused-ring (bicyclic) bond motifs is 1. The second-order valence-corrected chi connectivity index (χ2v) is 6.79. The van der Waals surface area contributed by atoms with E-state index in [0.29, 0.717) is 4.96 Å². The van der Waals surface area contributed by atoms with Gasteiger partial charge in [0.1, 0.15) is 16.0 Å². The van der Waals surface area contributed by atoms with E-state index in [1.807, 2.05) is 0 Å². The lowest BCUT2D eigenvalue weighted by Crippen LogP contribution is -2.15. The minimum atomic E-state index is -3.11. The summed E-state index contributed by atoms with van der Waals surface area (Å²) in [6.07, 6.45) is 2.65. The van der Waals surface area contributed by atoms with Gasteiger partial charge in [0.15, 0.2) is 0 Å². The van der Waals surface area contributed by atoms with Gasteiger partial charge < -0.3 is 15.4 Å². The summed E-state index contributed by atoms with van der Waals surface area (Å²) in [7, 11) is -3.11. The first kappa shape index (κ1) is 12.8. The van der Waals surface area contributed by atoms with Crippen LogP contribution in [0.1, 0.15) is 0 Å². The Balaban J connectivity index is 2.25. The van der Waals surface area contributed by atoms with Crippen LogP contribution in [-0.2, 0) is 9.84 Å². The molecule has 2 aromatic heterocycles. The van der Waals surface area contributed by atoms with Crippen LogP contribution in [0.25, 0.3) is 4.96 Å². The van der Waals surface area contributed by atoms with Gasteiger partial charge in [-0.1, -0.05) is 11.3 Å². The van der Waals surface area contributed by atoms with E-state index in [9.17, 15) is 18.5 Å². The number of thiazole rings is 1. The lowest BCUT2D eigenvalue weighted by atomic mass is 10.6. The summed E-state index contributed by atoms with van der Waals surface area (Å²) in [4.78, 5) is 14.9. The summed E-state index contributed by atoms with van der Waals surface area (Å²) in [5.74, 6) is -0.190. The minimum absolute atomic E-state index is 0.0878. The average Bonchev–Trinajstić information content (AvgIpc) is 2.73. The molecular formula is C8H10N4O4S2. The Kier molecular flexibility index (Phi) is 3.22. The summed E-state index contributed by atoms with van der Waals surface area (Å²) in [6.45, 7) is 0.0878. The molecule has 18 heavy (non-hydrogen) atoms. The third-order valence-corrected chi connectivity index (χ3v) is 3.88. The lowest BCUT2D eigenvalue weighted by molar-refractivity contribution is -0.389. The Labute approximate surface area is 106 Å². The molecule has 0 aliphatic rings. The van der Waals surface area contributed by atoms with Crippen LogP contribution in [0.4, 0.5) is 11.6 Å². The number of nitro groups is 1. The molecule has 10 heteroatoms. The SMILES string of the molecule is CS(=O)(=O)CCNc1nc2sccn2c1[N+](=O)[O-]. The van der Waals surface area contributed by atoms with E-state index in [-0.39, 0.29) is 23.9 Å². The van der Waals surface area contributed by atoms with Crippen molar-refractivity contribution in [2.45, 2.75) is 0 Å². The maximum absolute atomic E-state index is 11.0. The zero-order valence-corrected chi connectivity index (χ0v) is 11.0. The van der Waals surface area contributed by atoms with Gasteiger partial charge in [0.2, 0.25) is 5.82 Å². The molecule has 0 unspecified atom stereocenters. The van der Waals surface area contributed by atoms with E-state index in [4.69, 9.17) is 0 Å². The zero-order valence-electron chi connectivity index (χ0n) is 9.36. The van der Waals surface area contributed by atoms with E-state index in [2.05, 4.69) is 10.3 Å². The minimum Gasteiger partial charge on any atom is -0.362 e. The van der Waals surface area contributed by atoms with Crippen molar-refractivity contribution in [1.29, 1.82) is 0 Å². The van der Waals surface area contributed by atoms with Crippen molar-refractivity contribution < 1.29 is 13.3 Å². The van der Waals surface area contributed by atoms with Gasteiger partial charge in [-0.25, -0.2) is 8.42 Å². The summed E-state index contributed by atoms with van der Waals surface area (Å²) in [6, 6.07) is 0. The standard InChI is InChI=1S/C8H10N4O4S2/c1-18(15,16)5-2-9-6-7(12(13)14)11-3-4-17-8(11)10-6/h3-4,9H,2,5H2,1H3. The van der Waals surface area contributed by atoms with Crippen LogP contribution in [0.15, 0.2) is 11.6 Å². The predicted molar refractivity (Wildman–Crippen MR) is 67.9 cm³/mol. The van der Waals surface area contributed by atoms with Crippen LogP contribution in [0.5, 0.6) is 0 Å². The summed E-state index contributed by atoms with van der Waals surface area (Å²) in [5, 5.41) is 15.3. The van der Waals surface area contributed by atoms with Crippen molar-refractivity contribution in [2.24, 2.45) is 0 Å². The molecule has 98 valence electrons. The number of sulfone groups is 1. The third kappa shape index (κ3) is 2.59. The van der Waals surface area contributed by atoms with Crippen molar-refractivity contribution in [2.75, 3.05) is 23.9 Å². The van der Waals surface area contributed by atoms with Gasteiger partial charge in [0, 0.05) is 18.2 Å². The molecule has 1 N–H and O–H groups in total.